The van der Waals surface area contributed by atoms with Crippen molar-refractivity contribution in [1.29, 1.82) is 0 Å². The second-order valence-corrected chi connectivity index (χ2v) is 7.23. The highest BCUT2D eigenvalue weighted by atomic mass is 16.3. The minimum Gasteiger partial charge on any atom is -0.390 e. The van der Waals surface area contributed by atoms with Gasteiger partial charge < -0.3 is 15.3 Å². The zero-order chi connectivity index (χ0) is 18.2. The van der Waals surface area contributed by atoms with Crippen LogP contribution < -0.4 is 5.32 Å². The lowest BCUT2D eigenvalue weighted by Gasteiger charge is -2.31. The number of aryl methyl sites for hydroxylation is 1. The van der Waals surface area contributed by atoms with E-state index >= 15 is 0 Å². The number of nitrogens with zero attached hydrogens (tertiary/aromatic N) is 1. The van der Waals surface area contributed by atoms with Gasteiger partial charge in [0.1, 0.15) is 0 Å². The predicted octanol–water partition coefficient (Wildman–Crippen LogP) is 2.17. The van der Waals surface area contributed by atoms with Crippen LogP contribution in [0.5, 0.6) is 0 Å². The fourth-order valence-electron chi connectivity index (χ4n) is 3.04. The first-order valence-electron chi connectivity index (χ1n) is 9.21. The zero-order valence-corrected chi connectivity index (χ0v) is 15.3. The number of aliphatic hydroxyl groups excluding tert-OH is 1. The highest BCUT2D eigenvalue weighted by Crippen LogP contribution is 2.15. The van der Waals surface area contributed by atoms with Gasteiger partial charge in [-0.25, -0.2) is 0 Å². The molecule has 1 aliphatic heterocycles. The van der Waals surface area contributed by atoms with Crippen LogP contribution in [0, 0.1) is 12.8 Å². The van der Waals surface area contributed by atoms with Gasteiger partial charge in [0.25, 0.3) is 0 Å². The first-order chi connectivity index (χ1) is 11.9. The molecule has 1 aliphatic rings. The number of amides is 1. The van der Waals surface area contributed by atoms with Crippen LogP contribution in [0.2, 0.25) is 0 Å². The van der Waals surface area contributed by atoms with Crippen molar-refractivity contribution in [3.63, 3.8) is 0 Å². The lowest BCUT2D eigenvalue weighted by Crippen LogP contribution is -2.43. The van der Waals surface area contributed by atoms with E-state index in [9.17, 15) is 14.7 Å². The van der Waals surface area contributed by atoms with Gasteiger partial charge in [0, 0.05) is 31.5 Å². The van der Waals surface area contributed by atoms with Gasteiger partial charge in [-0.2, -0.15) is 0 Å². The Kier molecular flexibility index (Phi) is 7.59. The summed E-state index contributed by atoms with van der Waals surface area (Å²) in [5.74, 6) is 0.545. The molecular weight excluding hydrogens is 316 g/mol. The Labute approximate surface area is 150 Å². The number of piperidine rings is 1. The summed E-state index contributed by atoms with van der Waals surface area (Å²) in [6.45, 7) is 7.08. The molecule has 138 valence electrons. The van der Waals surface area contributed by atoms with Crippen molar-refractivity contribution in [3.8, 4) is 0 Å². The number of nitrogens with one attached hydrogen (secondary N) is 1. The molecule has 0 aliphatic carbocycles. The summed E-state index contributed by atoms with van der Waals surface area (Å²) >= 11 is 0. The van der Waals surface area contributed by atoms with E-state index < -0.39 is 6.10 Å². The molecule has 1 fully saturated rings. The summed E-state index contributed by atoms with van der Waals surface area (Å²) in [6, 6.07) is 7.37. The van der Waals surface area contributed by atoms with Crippen molar-refractivity contribution in [3.05, 3.63) is 35.4 Å². The Morgan fingerprint density at radius 3 is 2.48 bits per heavy atom. The maximum atomic E-state index is 12.1. The van der Waals surface area contributed by atoms with Gasteiger partial charge in [0.2, 0.25) is 5.91 Å². The highest BCUT2D eigenvalue weighted by molar-refractivity contribution is 5.97. The van der Waals surface area contributed by atoms with E-state index in [0.29, 0.717) is 12.1 Å². The molecule has 1 heterocycles. The van der Waals surface area contributed by atoms with E-state index in [-0.39, 0.29) is 31.1 Å². The van der Waals surface area contributed by atoms with E-state index in [1.807, 2.05) is 19.1 Å². The van der Waals surface area contributed by atoms with E-state index in [1.54, 1.807) is 12.1 Å². The van der Waals surface area contributed by atoms with Crippen LogP contribution in [0.1, 0.15) is 48.5 Å². The Balaban J connectivity index is 1.63. The normalized spacial score (nSPS) is 17.2. The molecule has 1 unspecified atom stereocenters. The number of likely N-dealkylation sites (tertiary alicyclic amines) is 1. The van der Waals surface area contributed by atoms with Gasteiger partial charge in [-0.3, -0.25) is 9.59 Å². The van der Waals surface area contributed by atoms with Crippen molar-refractivity contribution in [2.24, 2.45) is 5.92 Å². The van der Waals surface area contributed by atoms with Gasteiger partial charge in [-0.1, -0.05) is 36.8 Å². The molecule has 5 nitrogen and oxygen atoms in total. The number of β-amino-alcohol motifs (C(OH)–C–C–N with tert-alkyl or cyclic N) is 1. The first-order valence-corrected chi connectivity index (χ1v) is 9.21. The van der Waals surface area contributed by atoms with E-state index in [4.69, 9.17) is 0 Å². The van der Waals surface area contributed by atoms with E-state index in [1.165, 1.54) is 12.8 Å². The van der Waals surface area contributed by atoms with Crippen LogP contribution >= 0.6 is 0 Å². The minimum atomic E-state index is -0.565. The molecule has 2 rings (SSSR count). The van der Waals surface area contributed by atoms with Crippen molar-refractivity contribution < 1.29 is 14.7 Å². The van der Waals surface area contributed by atoms with Gasteiger partial charge in [0.15, 0.2) is 5.78 Å². The largest absolute Gasteiger partial charge is 0.390 e. The summed E-state index contributed by atoms with van der Waals surface area (Å²) in [7, 11) is 0. The standard InChI is InChI=1S/C20H30N2O3/c1-15-3-5-17(6-4-15)19(24)7-8-20(25)21-13-18(23)14-22-11-9-16(2)10-12-22/h3-6,16,18,23H,7-14H2,1-2H3,(H,21,25). The van der Waals surface area contributed by atoms with Crippen molar-refractivity contribution in [1.82, 2.24) is 10.2 Å². The molecule has 1 amide bonds. The molecule has 1 aromatic carbocycles. The number of Topliss-reactive ketones (excluding diaryl/α,β-unsaturated/α-hetero) is 1. The maximum absolute atomic E-state index is 12.1. The van der Waals surface area contributed by atoms with Crippen LogP contribution in [0.3, 0.4) is 0 Å². The second kappa shape index (κ2) is 9.68. The topological polar surface area (TPSA) is 69.6 Å². The van der Waals surface area contributed by atoms with Crippen LogP contribution in [0.15, 0.2) is 24.3 Å². The number of aliphatic hydroxyl groups is 1. The van der Waals surface area contributed by atoms with Crippen LogP contribution in [0.25, 0.3) is 0 Å². The number of hydrogen-bond acceptors (Lipinski definition) is 4. The molecule has 1 aromatic rings. The lowest BCUT2D eigenvalue weighted by molar-refractivity contribution is -0.121. The minimum absolute atomic E-state index is 0.0295. The summed E-state index contributed by atoms with van der Waals surface area (Å²) < 4.78 is 0. The molecule has 25 heavy (non-hydrogen) atoms. The van der Waals surface area contributed by atoms with Gasteiger partial charge >= 0.3 is 0 Å². The number of benzene rings is 1. The van der Waals surface area contributed by atoms with Gasteiger partial charge in [-0.05, 0) is 38.8 Å². The van der Waals surface area contributed by atoms with E-state index in [2.05, 4.69) is 17.1 Å². The average molecular weight is 346 g/mol. The molecular formula is C20H30N2O3. The number of carbonyl (C=O) groups excluding carboxylic acids is 2. The summed E-state index contributed by atoms with van der Waals surface area (Å²) in [4.78, 5) is 26.2. The van der Waals surface area contributed by atoms with Gasteiger partial charge in [0.05, 0.1) is 6.10 Å². The third-order valence-electron chi connectivity index (χ3n) is 4.83. The van der Waals surface area contributed by atoms with Crippen LogP contribution in [-0.2, 0) is 4.79 Å². The Morgan fingerprint density at radius 1 is 1.20 bits per heavy atom. The molecule has 1 atom stereocenters. The molecule has 0 aromatic heterocycles. The Morgan fingerprint density at radius 2 is 1.84 bits per heavy atom. The Hall–Kier alpha value is -1.72. The van der Waals surface area contributed by atoms with Crippen LogP contribution in [-0.4, -0.2) is 54.0 Å². The number of rotatable bonds is 8. The third kappa shape index (κ3) is 6.96. The highest BCUT2D eigenvalue weighted by Gasteiger charge is 2.18. The van der Waals surface area contributed by atoms with Crippen molar-refractivity contribution in [2.75, 3.05) is 26.2 Å². The number of carbonyl (C=O) groups is 2. The molecule has 2 N–H and O–H groups in total. The monoisotopic (exact) mass is 346 g/mol. The summed E-state index contributed by atoms with van der Waals surface area (Å²) in [5, 5.41) is 12.8. The molecule has 5 heteroatoms. The molecule has 0 bridgehead atoms. The van der Waals surface area contributed by atoms with Crippen molar-refractivity contribution >= 4 is 11.7 Å². The summed E-state index contributed by atoms with van der Waals surface area (Å²) in [6.07, 6.45) is 2.11. The van der Waals surface area contributed by atoms with Crippen LogP contribution in [0.4, 0.5) is 0 Å². The molecule has 1 saturated heterocycles. The van der Waals surface area contributed by atoms with E-state index in [0.717, 1.165) is 24.6 Å². The maximum Gasteiger partial charge on any atom is 0.220 e. The SMILES string of the molecule is Cc1ccc(C(=O)CCC(=O)NCC(O)CN2CCC(C)CC2)cc1. The lowest BCUT2D eigenvalue weighted by atomic mass is 9.99. The second-order valence-electron chi connectivity index (χ2n) is 7.23. The fourth-order valence-corrected chi connectivity index (χ4v) is 3.04. The number of ketones is 1. The zero-order valence-electron chi connectivity index (χ0n) is 15.3. The molecule has 0 saturated carbocycles. The van der Waals surface area contributed by atoms with Crippen molar-refractivity contribution in [2.45, 2.75) is 45.6 Å². The predicted molar refractivity (Wildman–Crippen MR) is 98.6 cm³/mol. The molecule has 0 spiro atoms. The molecule has 0 radical (unpaired) electrons. The fraction of sp³-hybridized carbons (Fsp3) is 0.600. The first kappa shape index (κ1) is 19.6. The average Bonchev–Trinajstić information content (AvgIpc) is 2.60. The number of hydrogen-bond donors (Lipinski definition) is 2. The quantitative estimate of drug-likeness (QED) is 0.708. The Bertz CT molecular complexity index is 563. The third-order valence-corrected chi connectivity index (χ3v) is 4.83. The summed E-state index contributed by atoms with van der Waals surface area (Å²) in [5.41, 5.74) is 1.74. The van der Waals surface area contributed by atoms with Gasteiger partial charge in [-0.15, -0.1) is 0 Å². The smallest absolute Gasteiger partial charge is 0.220 e.